The number of pyridine rings is 1. The van der Waals surface area contributed by atoms with Crippen molar-refractivity contribution in [2.45, 2.75) is 42.1 Å². The van der Waals surface area contributed by atoms with Crippen molar-refractivity contribution >= 4 is 33.4 Å². The van der Waals surface area contributed by atoms with Crippen molar-refractivity contribution in [2.75, 3.05) is 23.7 Å². The van der Waals surface area contributed by atoms with Crippen molar-refractivity contribution in [3.8, 4) is 0 Å². The molecule has 0 aliphatic carbocycles. The molecule has 0 bridgehead atoms. The molecule has 1 amide bonds. The minimum Gasteiger partial charge on any atom is -0.308 e. The fourth-order valence-electron chi connectivity index (χ4n) is 3.83. The molecule has 0 saturated carbocycles. The van der Waals surface area contributed by atoms with Gasteiger partial charge in [0.15, 0.2) is 0 Å². The van der Waals surface area contributed by atoms with E-state index in [0.717, 1.165) is 24.9 Å². The molecule has 148 valence electrons. The number of thioether (sulfide) groups is 1. The van der Waals surface area contributed by atoms with Crippen LogP contribution in [0.1, 0.15) is 25.3 Å². The van der Waals surface area contributed by atoms with Crippen LogP contribution in [-0.2, 0) is 21.2 Å². The van der Waals surface area contributed by atoms with E-state index in [1.165, 1.54) is 27.8 Å². The Morgan fingerprint density at radius 1 is 1.18 bits per heavy atom. The zero-order chi connectivity index (χ0) is 19.7. The number of para-hydroxylation sites is 1. The van der Waals surface area contributed by atoms with Gasteiger partial charge in [0.05, 0.1) is 10.8 Å². The lowest BCUT2D eigenvalue weighted by atomic mass is 10.1. The molecule has 1 saturated heterocycles. The van der Waals surface area contributed by atoms with E-state index in [-0.39, 0.29) is 22.6 Å². The number of rotatable bonds is 5. The minimum atomic E-state index is -3.45. The Hall–Kier alpha value is -1.90. The van der Waals surface area contributed by atoms with E-state index in [1.54, 1.807) is 12.1 Å². The summed E-state index contributed by atoms with van der Waals surface area (Å²) < 4.78 is 26.6. The molecule has 0 N–H and O–H groups in total. The fraction of sp³-hybridized carbons (Fsp3) is 0.400. The smallest absolute Gasteiger partial charge is 0.244 e. The van der Waals surface area contributed by atoms with Gasteiger partial charge < -0.3 is 4.90 Å². The van der Waals surface area contributed by atoms with Crippen LogP contribution in [0.15, 0.2) is 52.5 Å². The van der Waals surface area contributed by atoms with Crippen LogP contribution in [0.2, 0.25) is 0 Å². The van der Waals surface area contributed by atoms with Crippen LogP contribution in [0.5, 0.6) is 0 Å². The average Bonchev–Trinajstić information content (AvgIpc) is 3.34. The molecule has 1 aromatic carbocycles. The molecule has 1 aromatic heterocycles. The van der Waals surface area contributed by atoms with Gasteiger partial charge in [0.1, 0.15) is 4.90 Å². The van der Waals surface area contributed by atoms with Crippen molar-refractivity contribution < 1.29 is 13.2 Å². The first-order valence-electron chi connectivity index (χ1n) is 9.46. The third-order valence-corrected chi connectivity index (χ3v) is 8.04. The number of benzene rings is 1. The van der Waals surface area contributed by atoms with Crippen molar-refractivity contribution in [1.29, 1.82) is 0 Å². The monoisotopic (exact) mass is 417 g/mol. The Balaban J connectivity index is 1.41. The Labute approximate surface area is 170 Å². The number of hydrogen-bond acceptors (Lipinski definition) is 5. The minimum absolute atomic E-state index is 0.0398. The second-order valence-electron chi connectivity index (χ2n) is 7.18. The van der Waals surface area contributed by atoms with Crippen LogP contribution < -0.4 is 4.90 Å². The van der Waals surface area contributed by atoms with Gasteiger partial charge in [-0.2, -0.15) is 4.31 Å². The van der Waals surface area contributed by atoms with E-state index in [9.17, 15) is 13.2 Å². The highest BCUT2D eigenvalue weighted by Gasteiger charge is 2.30. The van der Waals surface area contributed by atoms with E-state index < -0.39 is 10.0 Å². The summed E-state index contributed by atoms with van der Waals surface area (Å²) in [5.41, 5.74) is 2.18. The lowest BCUT2D eigenvalue weighted by Gasteiger charge is -2.22. The van der Waals surface area contributed by atoms with Gasteiger partial charge in [-0.05, 0) is 49.9 Å². The summed E-state index contributed by atoms with van der Waals surface area (Å²) in [6.07, 6.45) is 4.07. The second kappa shape index (κ2) is 7.85. The molecule has 2 aliphatic rings. The number of anilines is 1. The number of nitrogens with zero attached hydrogens (tertiary/aromatic N) is 3. The van der Waals surface area contributed by atoms with Gasteiger partial charge in [0.2, 0.25) is 15.9 Å². The maximum atomic E-state index is 12.8. The molecule has 1 fully saturated rings. The molecule has 4 rings (SSSR count). The summed E-state index contributed by atoms with van der Waals surface area (Å²) in [4.78, 5) is 19.1. The number of fused-ring (bicyclic) bond motifs is 1. The quantitative estimate of drug-likeness (QED) is 0.700. The highest BCUT2D eigenvalue weighted by Crippen LogP contribution is 2.32. The standard InChI is InChI=1S/C20H23N3O3S2/c1-15-12-16-6-2-3-7-18(16)23(15)20(24)14-27-19-9-8-17(13-21-19)28(25,26)22-10-4-5-11-22/h2-3,6-9,13,15H,4-5,10-12,14H2,1H3. The van der Waals surface area contributed by atoms with E-state index in [4.69, 9.17) is 0 Å². The van der Waals surface area contributed by atoms with Gasteiger partial charge in [-0.25, -0.2) is 13.4 Å². The number of sulfonamides is 1. The molecule has 3 heterocycles. The number of aromatic nitrogens is 1. The zero-order valence-electron chi connectivity index (χ0n) is 15.7. The predicted octanol–water partition coefficient (Wildman–Crippen LogP) is 2.94. The number of hydrogen-bond donors (Lipinski definition) is 0. The molecule has 1 unspecified atom stereocenters. The van der Waals surface area contributed by atoms with E-state index in [1.807, 2.05) is 23.1 Å². The molecular formula is C20H23N3O3S2. The van der Waals surface area contributed by atoms with Crippen molar-refractivity contribution in [3.63, 3.8) is 0 Å². The number of carbonyl (C=O) groups excluding carboxylic acids is 1. The maximum Gasteiger partial charge on any atom is 0.244 e. The Morgan fingerprint density at radius 2 is 1.93 bits per heavy atom. The van der Waals surface area contributed by atoms with Gasteiger partial charge in [-0.15, -0.1) is 0 Å². The first-order valence-corrected chi connectivity index (χ1v) is 11.9. The Morgan fingerprint density at radius 3 is 2.64 bits per heavy atom. The normalized spacial score (nSPS) is 19.8. The summed E-state index contributed by atoms with van der Waals surface area (Å²) in [5, 5.41) is 0.647. The predicted molar refractivity (Wildman–Crippen MR) is 110 cm³/mol. The Bertz CT molecular complexity index is 970. The molecule has 6 nitrogen and oxygen atoms in total. The summed E-state index contributed by atoms with van der Waals surface area (Å²) in [6.45, 7) is 3.20. The topological polar surface area (TPSA) is 70.6 Å². The second-order valence-corrected chi connectivity index (χ2v) is 10.1. The van der Waals surface area contributed by atoms with Gasteiger partial charge in [-0.3, -0.25) is 4.79 Å². The number of amides is 1. The average molecular weight is 418 g/mol. The fourth-order valence-corrected chi connectivity index (χ4v) is 6.00. The van der Waals surface area contributed by atoms with Crippen molar-refractivity contribution in [2.24, 2.45) is 0 Å². The van der Waals surface area contributed by atoms with Gasteiger partial charge in [0, 0.05) is 31.0 Å². The first-order chi connectivity index (χ1) is 13.5. The van der Waals surface area contributed by atoms with E-state index in [0.29, 0.717) is 18.1 Å². The summed E-state index contributed by atoms with van der Waals surface area (Å²) in [6, 6.07) is 11.4. The largest absolute Gasteiger partial charge is 0.308 e. The molecule has 1 atom stereocenters. The van der Waals surface area contributed by atoms with Crippen molar-refractivity contribution in [3.05, 3.63) is 48.2 Å². The highest BCUT2D eigenvalue weighted by molar-refractivity contribution is 7.99. The molecular weight excluding hydrogens is 394 g/mol. The molecule has 0 spiro atoms. The summed E-state index contributed by atoms with van der Waals surface area (Å²) in [5.74, 6) is 0.308. The SMILES string of the molecule is CC1Cc2ccccc2N1C(=O)CSc1ccc(S(=O)(=O)N2CCCC2)cn1. The third kappa shape index (κ3) is 3.68. The Kier molecular flexibility index (Phi) is 5.44. The highest BCUT2D eigenvalue weighted by atomic mass is 32.2. The first kappa shape index (κ1) is 19.4. The van der Waals surface area contributed by atoms with E-state index in [2.05, 4.69) is 18.0 Å². The molecule has 2 aliphatic heterocycles. The van der Waals surface area contributed by atoms with Crippen LogP contribution in [0.4, 0.5) is 5.69 Å². The van der Waals surface area contributed by atoms with Gasteiger partial charge >= 0.3 is 0 Å². The van der Waals surface area contributed by atoms with Crippen LogP contribution >= 0.6 is 11.8 Å². The molecule has 8 heteroatoms. The van der Waals surface area contributed by atoms with E-state index >= 15 is 0 Å². The van der Waals surface area contributed by atoms with Crippen LogP contribution in [0.25, 0.3) is 0 Å². The zero-order valence-corrected chi connectivity index (χ0v) is 17.4. The molecule has 0 radical (unpaired) electrons. The maximum absolute atomic E-state index is 12.8. The van der Waals surface area contributed by atoms with Crippen LogP contribution in [0.3, 0.4) is 0 Å². The lowest BCUT2D eigenvalue weighted by Crippen LogP contribution is -2.36. The van der Waals surface area contributed by atoms with Crippen LogP contribution in [0, 0.1) is 0 Å². The summed E-state index contributed by atoms with van der Waals surface area (Å²) >= 11 is 1.33. The lowest BCUT2D eigenvalue weighted by molar-refractivity contribution is -0.116. The summed E-state index contributed by atoms with van der Waals surface area (Å²) in [7, 11) is -3.45. The number of carbonyl (C=O) groups is 1. The molecule has 28 heavy (non-hydrogen) atoms. The van der Waals surface area contributed by atoms with Gasteiger partial charge in [-0.1, -0.05) is 30.0 Å². The van der Waals surface area contributed by atoms with Crippen molar-refractivity contribution in [1.82, 2.24) is 9.29 Å². The third-order valence-electron chi connectivity index (χ3n) is 5.23. The van der Waals surface area contributed by atoms with Crippen LogP contribution in [-0.4, -0.2) is 48.5 Å². The molecule has 2 aromatic rings. The van der Waals surface area contributed by atoms with Gasteiger partial charge in [0.25, 0.3) is 0 Å².